The molecule has 0 aliphatic carbocycles. The van der Waals surface area contributed by atoms with Gasteiger partial charge in [0.25, 0.3) is 0 Å². The van der Waals surface area contributed by atoms with Crippen molar-refractivity contribution in [3.8, 4) is 0 Å². The number of carbonyl (C=O) groups is 1. The Morgan fingerprint density at radius 3 is 2.57 bits per heavy atom. The van der Waals surface area contributed by atoms with E-state index in [1.165, 1.54) is 5.56 Å². The second-order valence-corrected chi connectivity index (χ2v) is 6.10. The number of ether oxygens (including phenoxy) is 1. The van der Waals surface area contributed by atoms with E-state index in [0.717, 1.165) is 38.9 Å². The molecule has 2 saturated heterocycles. The van der Waals surface area contributed by atoms with Crippen LogP contribution in [0.1, 0.15) is 30.7 Å². The lowest BCUT2D eigenvalue weighted by Crippen LogP contribution is -2.46. The molecule has 132 valence electrons. The Hall–Kier alpha value is -0.820. The Bertz CT molecular complexity index is 503. The minimum Gasteiger partial charge on any atom is -0.380 e. The van der Waals surface area contributed by atoms with Crippen molar-refractivity contribution < 1.29 is 9.53 Å². The lowest BCUT2D eigenvalue weighted by Gasteiger charge is -2.33. The summed E-state index contributed by atoms with van der Waals surface area (Å²) in [6.07, 6.45) is 7.05. The standard InChI is InChI=1S/C15H24N4O2.2ClH/c1-18-10-12(8-17-18)11-3-5-19(6-4-11)15(20)14-7-13(21-2)9-16-14;;/h8,10-11,13-14,16H,3-7,9H2,1-2H3;2*1H/t13-,14-;;/m0../s1. The molecule has 0 bridgehead atoms. The molecule has 1 N–H and O–H groups in total. The van der Waals surface area contributed by atoms with Crippen LogP contribution in [0, 0.1) is 0 Å². The monoisotopic (exact) mass is 364 g/mol. The van der Waals surface area contributed by atoms with Crippen molar-refractivity contribution in [2.75, 3.05) is 26.7 Å². The number of methoxy groups -OCH3 is 1. The summed E-state index contributed by atoms with van der Waals surface area (Å²) in [6.45, 7) is 2.46. The molecule has 0 aromatic carbocycles. The molecule has 8 heteroatoms. The summed E-state index contributed by atoms with van der Waals surface area (Å²) in [6, 6.07) is -0.0649. The van der Waals surface area contributed by atoms with Crippen molar-refractivity contribution in [3.05, 3.63) is 18.0 Å². The molecule has 3 heterocycles. The molecule has 0 radical (unpaired) electrons. The van der Waals surface area contributed by atoms with E-state index in [9.17, 15) is 4.79 Å². The van der Waals surface area contributed by atoms with Gasteiger partial charge in [-0.2, -0.15) is 5.10 Å². The molecule has 1 amide bonds. The number of likely N-dealkylation sites (tertiary alicyclic amines) is 1. The Morgan fingerprint density at radius 2 is 2.04 bits per heavy atom. The third kappa shape index (κ3) is 4.59. The van der Waals surface area contributed by atoms with E-state index in [-0.39, 0.29) is 42.9 Å². The number of rotatable bonds is 3. The number of aromatic nitrogens is 2. The van der Waals surface area contributed by atoms with Gasteiger partial charge in [0.15, 0.2) is 0 Å². The molecule has 2 atom stereocenters. The summed E-state index contributed by atoms with van der Waals surface area (Å²) in [7, 11) is 3.65. The van der Waals surface area contributed by atoms with Crippen LogP contribution in [0.4, 0.5) is 0 Å². The summed E-state index contributed by atoms with van der Waals surface area (Å²) in [5, 5.41) is 7.51. The van der Waals surface area contributed by atoms with Crippen LogP contribution in [-0.2, 0) is 16.6 Å². The third-order valence-electron chi connectivity index (χ3n) is 4.72. The van der Waals surface area contributed by atoms with E-state index in [2.05, 4.69) is 16.6 Å². The first-order chi connectivity index (χ1) is 10.2. The number of nitrogens with one attached hydrogen (secondary N) is 1. The van der Waals surface area contributed by atoms with Crippen LogP contribution in [0.3, 0.4) is 0 Å². The fourth-order valence-electron chi connectivity index (χ4n) is 3.38. The summed E-state index contributed by atoms with van der Waals surface area (Å²) in [5.74, 6) is 0.769. The van der Waals surface area contributed by atoms with Crippen molar-refractivity contribution in [1.29, 1.82) is 0 Å². The van der Waals surface area contributed by atoms with Crippen molar-refractivity contribution in [1.82, 2.24) is 20.0 Å². The van der Waals surface area contributed by atoms with Crippen molar-refractivity contribution in [2.45, 2.75) is 37.3 Å². The summed E-state index contributed by atoms with van der Waals surface area (Å²) < 4.78 is 7.16. The number of piperidine rings is 1. The minimum atomic E-state index is -0.0649. The van der Waals surface area contributed by atoms with Crippen LogP contribution in [0.2, 0.25) is 0 Å². The van der Waals surface area contributed by atoms with Crippen molar-refractivity contribution in [2.24, 2.45) is 7.05 Å². The number of nitrogens with zero attached hydrogens (tertiary/aromatic N) is 3. The quantitative estimate of drug-likeness (QED) is 0.879. The van der Waals surface area contributed by atoms with Gasteiger partial charge in [-0.1, -0.05) is 0 Å². The van der Waals surface area contributed by atoms with Gasteiger partial charge in [0.2, 0.25) is 5.91 Å². The summed E-state index contributed by atoms with van der Waals surface area (Å²) in [4.78, 5) is 14.5. The van der Waals surface area contributed by atoms with Crippen LogP contribution in [-0.4, -0.2) is 59.5 Å². The first-order valence-electron chi connectivity index (χ1n) is 7.71. The van der Waals surface area contributed by atoms with Gasteiger partial charge in [0.1, 0.15) is 0 Å². The molecule has 0 saturated carbocycles. The zero-order valence-electron chi connectivity index (χ0n) is 13.6. The number of amides is 1. The van der Waals surface area contributed by atoms with Crippen LogP contribution >= 0.6 is 24.8 Å². The maximum atomic E-state index is 12.5. The SMILES string of the molecule is CO[C@@H]1CN[C@H](C(=O)N2CCC(c3cnn(C)c3)CC2)C1.Cl.Cl. The normalized spacial score (nSPS) is 24.9. The fourth-order valence-corrected chi connectivity index (χ4v) is 3.38. The van der Waals surface area contributed by atoms with Crippen molar-refractivity contribution in [3.63, 3.8) is 0 Å². The molecule has 0 unspecified atom stereocenters. The minimum absolute atomic E-state index is 0. The van der Waals surface area contributed by atoms with Gasteiger partial charge in [-0.3, -0.25) is 9.48 Å². The largest absolute Gasteiger partial charge is 0.380 e. The van der Waals surface area contributed by atoms with Gasteiger partial charge in [-0.15, -0.1) is 24.8 Å². The first kappa shape index (κ1) is 20.2. The van der Waals surface area contributed by atoms with Gasteiger partial charge in [0, 0.05) is 40.0 Å². The van der Waals surface area contributed by atoms with Gasteiger partial charge in [-0.25, -0.2) is 0 Å². The lowest BCUT2D eigenvalue weighted by molar-refractivity contribution is -0.134. The molecule has 0 spiro atoms. The maximum Gasteiger partial charge on any atom is 0.239 e. The third-order valence-corrected chi connectivity index (χ3v) is 4.72. The first-order valence-corrected chi connectivity index (χ1v) is 7.71. The molecule has 2 aliphatic rings. The molecule has 2 aliphatic heterocycles. The molecule has 1 aromatic heterocycles. The van der Waals surface area contributed by atoms with Gasteiger partial charge < -0.3 is 15.0 Å². The zero-order valence-corrected chi connectivity index (χ0v) is 15.2. The fraction of sp³-hybridized carbons (Fsp3) is 0.733. The van der Waals surface area contributed by atoms with E-state index >= 15 is 0 Å². The number of carbonyl (C=O) groups excluding carboxylic acids is 1. The van der Waals surface area contributed by atoms with Gasteiger partial charge in [0.05, 0.1) is 18.3 Å². The van der Waals surface area contributed by atoms with E-state index in [1.807, 2.05) is 22.8 Å². The Kier molecular flexibility index (Phi) is 7.80. The van der Waals surface area contributed by atoms with Crippen LogP contribution < -0.4 is 5.32 Å². The molecule has 6 nitrogen and oxygen atoms in total. The molecule has 3 rings (SSSR count). The van der Waals surface area contributed by atoms with E-state index in [0.29, 0.717) is 5.92 Å². The zero-order chi connectivity index (χ0) is 14.8. The molecular weight excluding hydrogens is 339 g/mol. The molecule has 1 aromatic rings. The van der Waals surface area contributed by atoms with Gasteiger partial charge in [-0.05, 0) is 30.7 Å². The highest BCUT2D eigenvalue weighted by Gasteiger charge is 2.34. The Balaban J connectivity index is 0.00000132. The second-order valence-electron chi connectivity index (χ2n) is 6.10. The lowest BCUT2D eigenvalue weighted by atomic mass is 9.91. The van der Waals surface area contributed by atoms with E-state index < -0.39 is 0 Å². The summed E-state index contributed by atoms with van der Waals surface area (Å²) in [5.41, 5.74) is 1.29. The van der Waals surface area contributed by atoms with E-state index in [1.54, 1.807) is 7.11 Å². The average Bonchev–Trinajstić information content (AvgIpc) is 3.15. The van der Waals surface area contributed by atoms with Crippen LogP contribution in [0.5, 0.6) is 0 Å². The Labute approximate surface area is 149 Å². The molecule has 2 fully saturated rings. The number of halogens is 2. The van der Waals surface area contributed by atoms with E-state index in [4.69, 9.17) is 4.74 Å². The van der Waals surface area contributed by atoms with Gasteiger partial charge >= 0.3 is 0 Å². The average molecular weight is 365 g/mol. The molecular formula is C15H26Cl2N4O2. The second kappa shape index (κ2) is 8.87. The predicted octanol–water partition coefficient (Wildman–Crippen LogP) is 1.35. The topological polar surface area (TPSA) is 59.4 Å². The highest BCUT2D eigenvalue weighted by Crippen LogP contribution is 2.28. The number of aryl methyl sites for hydroxylation is 1. The summed E-state index contributed by atoms with van der Waals surface area (Å²) >= 11 is 0. The highest BCUT2D eigenvalue weighted by atomic mass is 35.5. The Morgan fingerprint density at radius 1 is 1.35 bits per heavy atom. The van der Waals surface area contributed by atoms with Crippen LogP contribution in [0.25, 0.3) is 0 Å². The smallest absolute Gasteiger partial charge is 0.239 e. The number of hydrogen-bond acceptors (Lipinski definition) is 4. The maximum absolute atomic E-state index is 12.5. The molecule has 23 heavy (non-hydrogen) atoms. The van der Waals surface area contributed by atoms with Crippen LogP contribution in [0.15, 0.2) is 12.4 Å². The number of hydrogen-bond donors (Lipinski definition) is 1. The van der Waals surface area contributed by atoms with Crippen molar-refractivity contribution >= 4 is 30.7 Å². The predicted molar refractivity (Wildman–Crippen MR) is 93.5 cm³/mol. The highest BCUT2D eigenvalue weighted by molar-refractivity contribution is 5.85.